The molecule has 10 heteroatoms. The van der Waals surface area contributed by atoms with Crippen LogP contribution in [0.5, 0.6) is 5.88 Å². The average Bonchev–Trinajstić information content (AvgIpc) is 3.33. The molecule has 0 N–H and O–H groups in total. The maximum Gasteiger partial charge on any atom is 0.297 e. The van der Waals surface area contributed by atoms with Gasteiger partial charge in [0.25, 0.3) is 22.0 Å². The molecule has 9 nitrogen and oxygen atoms in total. The largest absolute Gasteiger partial charge is 0.473 e. The number of rotatable bonds is 9. The third kappa shape index (κ3) is 5.69. The number of anilines is 1. The minimum atomic E-state index is -3.82. The number of nitrogens with zero attached hydrogens (tertiary/aromatic N) is 3. The molecular weight excluding hydrogens is 398 g/mol. The van der Waals surface area contributed by atoms with Crippen LogP contribution in [0.25, 0.3) is 12.2 Å². The van der Waals surface area contributed by atoms with Crippen molar-refractivity contribution >= 4 is 28.3 Å². The van der Waals surface area contributed by atoms with Gasteiger partial charge in [0.1, 0.15) is 19.0 Å². The first-order chi connectivity index (χ1) is 13.8. The molecule has 0 fully saturated rings. The van der Waals surface area contributed by atoms with Crippen LogP contribution >= 0.6 is 0 Å². The van der Waals surface area contributed by atoms with Crippen LogP contribution < -0.4 is 9.64 Å². The van der Waals surface area contributed by atoms with E-state index >= 15 is 0 Å². The molecule has 0 aliphatic carbocycles. The summed E-state index contributed by atoms with van der Waals surface area (Å²) in [4.78, 5) is 10.1. The molecule has 1 aromatic carbocycles. The minimum absolute atomic E-state index is 0.00488. The molecule has 2 heterocycles. The zero-order chi connectivity index (χ0) is 20.9. The second kappa shape index (κ2) is 8.93. The molecule has 0 amide bonds. The standard InChI is InChI=1S/C19H21N3O6S/c1-14-4-7-16(8-5-14)29(23,24)27-11-10-25-18-13-26-17(21-18)9-6-15-12-20-19(28-15)22(2)3/h4-9,12-13H,10-11H2,1-3H3. The van der Waals surface area contributed by atoms with E-state index in [9.17, 15) is 8.42 Å². The molecule has 0 unspecified atom stereocenters. The van der Waals surface area contributed by atoms with Crippen molar-refractivity contribution in [2.45, 2.75) is 11.8 Å². The smallest absolute Gasteiger partial charge is 0.297 e. The van der Waals surface area contributed by atoms with Crippen LogP contribution in [0.4, 0.5) is 6.01 Å². The van der Waals surface area contributed by atoms with Gasteiger partial charge < -0.3 is 18.5 Å². The van der Waals surface area contributed by atoms with Crippen molar-refractivity contribution in [1.29, 1.82) is 0 Å². The average molecular weight is 419 g/mol. The fourth-order valence-corrected chi connectivity index (χ4v) is 3.09. The first-order valence-corrected chi connectivity index (χ1v) is 10.1. The summed E-state index contributed by atoms with van der Waals surface area (Å²) < 4.78 is 45.2. The van der Waals surface area contributed by atoms with Gasteiger partial charge in [-0.15, -0.1) is 0 Å². The van der Waals surface area contributed by atoms with E-state index in [2.05, 4.69) is 9.97 Å². The summed E-state index contributed by atoms with van der Waals surface area (Å²) in [6.07, 6.45) is 6.16. The van der Waals surface area contributed by atoms with E-state index in [4.69, 9.17) is 17.8 Å². The predicted octanol–water partition coefficient (Wildman–Crippen LogP) is 2.99. The lowest BCUT2D eigenvalue weighted by atomic mass is 10.2. The highest BCUT2D eigenvalue weighted by molar-refractivity contribution is 7.86. The van der Waals surface area contributed by atoms with Crippen LogP contribution in [0.3, 0.4) is 0 Å². The SMILES string of the molecule is Cc1ccc(S(=O)(=O)OCCOc2coc(C=Cc3cnc(N(C)C)o3)n2)cc1. The van der Waals surface area contributed by atoms with Crippen LogP contribution in [-0.2, 0) is 14.3 Å². The molecule has 0 saturated heterocycles. The summed E-state index contributed by atoms with van der Waals surface area (Å²) >= 11 is 0. The van der Waals surface area contributed by atoms with Gasteiger partial charge in [-0.25, -0.2) is 4.98 Å². The molecule has 0 radical (unpaired) electrons. The maximum absolute atomic E-state index is 12.1. The number of benzene rings is 1. The van der Waals surface area contributed by atoms with Gasteiger partial charge in [-0.05, 0) is 25.1 Å². The number of aryl methyl sites for hydroxylation is 1. The predicted molar refractivity (Wildman–Crippen MR) is 106 cm³/mol. The molecule has 0 spiro atoms. The molecule has 3 rings (SSSR count). The van der Waals surface area contributed by atoms with Crippen LogP contribution in [0.2, 0.25) is 0 Å². The molecule has 0 aliphatic rings. The van der Waals surface area contributed by atoms with Gasteiger partial charge in [-0.1, -0.05) is 17.7 Å². The molecule has 3 aromatic rings. The second-order valence-corrected chi connectivity index (χ2v) is 7.85. The van der Waals surface area contributed by atoms with Gasteiger partial charge in [-0.2, -0.15) is 13.4 Å². The minimum Gasteiger partial charge on any atom is -0.473 e. The van der Waals surface area contributed by atoms with Crippen molar-refractivity contribution in [3.63, 3.8) is 0 Å². The second-order valence-electron chi connectivity index (χ2n) is 6.23. The molecule has 2 aromatic heterocycles. The van der Waals surface area contributed by atoms with E-state index in [1.807, 2.05) is 21.0 Å². The van der Waals surface area contributed by atoms with Crippen molar-refractivity contribution in [2.24, 2.45) is 0 Å². The van der Waals surface area contributed by atoms with E-state index in [1.165, 1.54) is 18.4 Å². The fourth-order valence-electron chi connectivity index (χ4n) is 2.19. The van der Waals surface area contributed by atoms with E-state index in [0.717, 1.165) is 5.56 Å². The normalized spacial score (nSPS) is 11.8. The summed E-state index contributed by atoms with van der Waals surface area (Å²) in [5.74, 6) is 1.06. The van der Waals surface area contributed by atoms with Crippen LogP contribution in [0, 0.1) is 6.92 Å². The van der Waals surface area contributed by atoms with E-state index < -0.39 is 10.1 Å². The highest BCUT2D eigenvalue weighted by atomic mass is 32.2. The van der Waals surface area contributed by atoms with E-state index in [0.29, 0.717) is 17.7 Å². The Morgan fingerprint density at radius 1 is 1.14 bits per heavy atom. The van der Waals surface area contributed by atoms with E-state index in [-0.39, 0.29) is 24.0 Å². The Kier molecular flexibility index (Phi) is 6.35. The molecule has 0 atom stereocenters. The summed E-state index contributed by atoms with van der Waals surface area (Å²) in [6.45, 7) is 1.72. The van der Waals surface area contributed by atoms with Gasteiger partial charge in [0, 0.05) is 20.2 Å². The van der Waals surface area contributed by atoms with Gasteiger partial charge in [0.05, 0.1) is 11.1 Å². The lowest BCUT2D eigenvalue weighted by Gasteiger charge is -2.06. The molecule has 0 bridgehead atoms. The highest BCUT2D eigenvalue weighted by Gasteiger charge is 2.15. The Hall–Kier alpha value is -3.11. The van der Waals surface area contributed by atoms with Gasteiger partial charge in [-0.3, -0.25) is 4.18 Å². The maximum atomic E-state index is 12.1. The Bertz CT molecular complexity index is 1070. The molecule has 29 heavy (non-hydrogen) atoms. The molecule has 0 saturated carbocycles. The lowest BCUT2D eigenvalue weighted by Crippen LogP contribution is -2.13. The van der Waals surface area contributed by atoms with Gasteiger partial charge in [0.15, 0.2) is 6.26 Å². The zero-order valence-corrected chi connectivity index (χ0v) is 17.0. The van der Waals surface area contributed by atoms with Gasteiger partial charge >= 0.3 is 0 Å². The zero-order valence-electron chi connectivity index (χ0n) is 16.2. The van der Waals surface area contributed by atoms with E-state index in [1.54, 1.807) is 35.4 Å². The third-order valence-corrected chi connectivity index (χ3v) is 4.99. The van der Waals surface area contributed by atoms with Crippen LogP contribution in [0.1, 0.15) is 17.2 Å². The van der Waals surface area contributed by atoms with Crippen molar-refractivity contribution in [2.75, 3.05) is 32.2 Å². The quantitative estimate of drug-likeness (QED) is 0.382. The number of oxazole rings is 2. The summed E-state index contributed by atoms with van der Waals surface area (Å²) in [6, 6.07) is 6.89. The van der Waals surface area contributed by atoms with Crippen molar-refractivity contribution in [3.05, 3.63) is 53.9 Å². The molecule has 0 aliphatic heterocycles. The summed E-state index contributed by atoms with van der Waals surface area (Å²) in [5.41, 5.74) is 0.963. The third-order valence-electron chi connectivity index (χ3n) is 3.67. The first-order valence-electron chi connectivity index (χ1n) is 8.69. The van der Waals surface area contributed by atoms with Crippen molar-refractivity contribution in [3.8, 4) is 5.88 Å². The number of aromatic nitrogens is 2. The molecular formula is C19H21N3O6S. The number of ether oxygens (including phenoxy) is 1. The summed E-state index contributed by atoms with van der Waals surface area (Å²) in [7, 11) is -0.172. The Labute approximate surface area is 168 Å². The van der Waals surface area contributed by atoms with Crippen molar-refractivity contribution in [1.82, 2.24) is 9.97 Å². The Morgan fingerprint density at radius 3 is 2.59 bits per heavy atom. The Morgan fingerprint density at radius 2 is 1.90 bits per heavy atom. The van der Waals surface area contributed by atoms with Crippen molar-refractivity contribution < 1.29 is 26.2 Å². The lowest BCUT2D eigenvalue weighted by molar-refractivity contribution is 0.215. The monoisotopic (exact) mass is 419 g/mol. The number of hydrogen-bond donors (Lipinski definition) is 0. The number of hydrogen-bond acceptors (Lipinski definition) is 9. The van der Waals surface area contributed by atoms with Crippen LogP contribution in [-0.4, -0.2) is 45.7 Å². The topological polar surface area (TPSA) is 108 Å². The van der Waals surface area contributed by atoms with Gasteiger partial charge in [0.2, 0.25) is 5.89 Å². The fraction of sp³-hybridized carbons (Fsp3) is 0.263. The van der Waals surface area contributed by atoms with Crippen LogP contribution in [0.15, 0.2) is 50.5 Å². The Balaban J connectivity index is 1.47. The summed E-state index contributed by atoms with van der Waals surface area (Å²) in [5, 5.41) is 0. The molecule has 154 valence electrons. The first kappa shape index (κ1) is 20.6. The highest BCUT2D eigenvalue weighted by Crippen LogP contribution is 2.17.